The Labute approximate surface area is 158 Å². The highest BCUT2D eigenvalue weighted by molar-refractivity contribution is 5.97. The highest BCUT2D eigenvalue weighted by atomic mass is 19.4. The van der Waals surface area contributed by atoms with Gasteiger partial charge in [0.05, 0.1) is 18.2 Å². The minimum Gasteiger partial charge on any atom is -0.497 e. The number of halogens is 4. The van der Waals surface area contributed by atoms with Crippen molar-refractivity contribution in [3.8, 4) is 11.5 Å². The Hall–Kier alpha value is -3.10. The first-order chi connectivity index (χ1) is 13.1. The predicted octanol–water partition coefficient (Wildman–Crippen LogP) is 3.75. The largest absolute Gasteiger partial charge is 0.497 e. The van der Waals surface area contributed by atoms with Gasteiger partial charge in [-0.15, -0.1) is 0 Å². The van der Waals surface area contributed by atoms with Crippen molar-refractivity contribution in [2.45, 2.75) is 19.6 Å². The number of amides is 1. The summed E-state index contributed by atoms with van der Waals surface area (Å²) in [5, 5.41) is 2.28. The molecule has 0 fully saturated rings. The number of Topliss-reactive ketones (excluding diaryl/α,β-unsaturated/α-hetero) is 1. The Kier molecular flexibility index (Phi) is 6.61. The van der Waals surface area contributed by atoms with Crippen LogP contribution >= 0.6 is 0 Å². The standard InChI is InChI=1S/C19H17F4NO4/c1-11(25)15-6-5-14(27-2)8-17(15)28-10-18(26)24-9-12-3-4-13(20)7-16(12)19(21,22)23/h3-8H,9-10H2,1-2H3,(H,24,26). The molecule has 0 atom stereocenters. The number of ether oxygens (including phenoxy) is 2. The number of rotatable bonds is 7. The lowest BCUT2D eigenvalue weighted by atomic mass is 10.1. The molecule has 28 heavy (non-hydrogen) atoms. The van der Waals surface area contributed by atoms with Crippen LogP contribution in [-0.4, -0.2) is 25.4 Å². The molecule has 0 heterocycles. The average Bonchev–Trinajstić information content (AvgIpc) is 2.64. The van der Waals surface area contributed by atoms with Gasteiger partial charge in [0, 0.05) is 12.6 Å². The van der Waals surface area contributed by atoms with Crippen molar-refractivity contribution in [1.82, 2.24) is 5.32 Å². The third-order valence-corrected chi connectivity index (χ3v) is 3.78. The molecule has 0 bridgehead atoms. The van der Waals surface area contributed by atoms with E-state index in [1.165, 1.54) is 26.2 Å². The Morgan fingerprint density at radius 1 is 1.11 bits per heavy atom. The monoisotopic (exact) mass is 399 g/mol. The highest BCUT2D eigenvalue weighted by Crippen LogP contribution is 2.32. The Balaban J connectivity index is 2.04. The lowest BCUT2D eigenvalue weighted by Crippen LogP contribution is -2.29. The van der Waals surface area contributed by atoms with Crippen molar-refractivity contribution >= 4 is 11.7 Å². The fourth-order valence-electron chi connectivity index (χ4n) is 2.39. The summed E-state index contributed by atoms with van der Waals surface area (Å²) in [7, 11) is 1.42. The maximum Gasteiger partial charge on any atom is 0.416 e. The van der Waals surface area contributed by atoms with Gasteiger partial charge in [0.25, 0.3) is 5.91 Å². The van der Waals surface area contributed by atoms with Crippen molar-refractivity contribution in [1.29, 1.82) is 0 Å². The molecule has 0 aliphatic heterocycles. The Bertz CT molecular complexity index is 881. The first kappa shape index (κ1) is 21.2. The van der Waals surface area contributed by atoms with E-state index in [2.05, 4.69) is 5.32 Å². The minimum atomic E-state index is -4.75. The summed E-state index contributed by atoms with van der Waals surface area (Å²) in [4.78, 5) is 23.6. The fourth-order valence-corrected chi connectivity index (χ4v) is 2.39. The number of hydrogen-bond donors (Lipinski definition) is 1. The molecule has 0 aliphatic carbocycles. The molecule has 0 aliphatic rings. The van der Waals surface area contributed by atoms with Crippen LogP contribution in [0.15, 0.2) is 36.4 Å². The van der Waals surface area contributed by atoms with Gasteiger partial charge in [0.15, 0.2) is 12.4 Å². The van der Waals surface area contributed by atoms with Crippen LogP contribution in [0, 0.1) is 5.82 Å². The molecule has 1 amide bonds. The summed E-state index contributed by atoms with van der Waals surface area (Å²) in [5.41, 5.74) is -1.22. The molecule has 2 rings (SSSR count). The van der Waals surface area contributed by atoms with Crippen LogP contribution in [0.3, 0.4) is 0 Å². The third-order valence-electron chi connectivity index (χ3n) is 3.78. The minimum absolute atomic E-state index is 0.111. The number of methoxy groups -OCH3 is 1. The van der Waals surface area contributed by atoms with Gasteiger partial charge in [-0.05, 0) is 36.8 Å². The number of carbonyl (C=O) groups excluding carboxylic acids is 2. The van der Waals surface area contributed by atoms with Gasteiger partial charge in [0.1, 0.15) is 17.3 Å². The van der Waals surface area contributed by atoms with Crippen LogP contribution in [0.2, 0.25) is 0 Å². The zero-order valence-electron chi connectivity index (χ0n) is 15.0. The fraction of sp³-hybridized carbons (Fsp3) is 0.263. The molecule has 5 nitrogen and oxygen atoms in total. The number of benzene rings is 2. The molecule has 0 spiro atoms. The molecule has 2 aromatic carbocycles. The zero-order valence-corrected chi connectivity index (χ0v) is 15.0. The second kappa shape index (κ2) is 8.73. The Morgan fingerprint density at radius 3 is 2.43 bits per heavy atom. The third kappa shape index (κ3) is 5.45. The SMILES string of the molecule is COc1ccc(C(C)=O)c(OCC(=O)NCc2ccc(F)cc2C(F)(F)F)c1. The molecule has 0 radical (unpaired) electrons. The van der Waals surface area contributed by atoms with Crippen LogP contribution in [0.1, 0.15) is 28.4 Å². The molecule has 9 heteroatoms. The van der Waals surface area contributed by atoms with E-state index in [4.69, 9.17) is 9.47 Å². The van der Waals surface area contributed by atoms with Gasteiger partial charge in [-0.1, -0.05) is 6.07 Å². The van der Waals surface area contributed by atoms with Crippen molar-refractivity contribution < 1.29 is 36.6 Å². The van der Waals surface area contributed by atoms with Gasteiger partial charge in [-0.3, -0.25) is 9.59 Å². The topological polar surface area (TPSA) is 64.6 Å². The van der Waals surface area contributed by atoms with E-state index in [1.807, 2.05) is 0 Å². The van der Waals surface area contributed by atoms with E-state index in [1.54, 1.807) is 6.07 Å². The molecular weight excluding hydrogens is 382 g/mol. The summed E-state index contributed by atoms with van der Waals surface area (Å²) < 4.78 is 62.3. The van der Waals surface area contributed by atoms with Crippen molar-refractivity contribution in [2.24, 2.45) is 0 Å². The first-order valence-electron chi connectivity index (χ1n) is 8.06. The molecule has 0 aromatic heterocycles. The number of nitrogens with one attached hydrogen (secondary N) is 1. The number of carbonyl (C=O) groups is 2. The normalized spacial score (nSPS) is 11.1. The van der Waals surface area contributed by atoms with Crippen LogP contribution in [-0.2, 0) is 17.5 Å². The van der Waals surface area contributed by atoms with Gasteiger partial charge in [-0.2, -0.15) is 13.2 Å². The molecular formula is C19H17F4NO4. The summed E-state index contributed by atoms with van der Waals surface area (Å²) in [6, 6.07) is 6.65. The number of alkyl halides is 3. The van der Waals surface area contributed by atoms with Gasteiger partial charge < -0.3 is 14.8 Å². The van der Waals surface area contributed by atoms with Crippen LogP contribution in [0.5, 0.6) is 11.5 Å². The summed E-state index contributed by atoms with van der Waals surface area (Å²) in [6.45, 7) is 0.326. The summed E-state index contributed by atoms with van der Waals surface area (Å²) >= 11 is 0. The van der Waals surface area contributed by atoms with Gasteiger partial charge in [-0.25, -0.2) is 4.39 Å². The molecule has 0 unspecified atom stereocenters. The lowest BCUT2D eigenvalue weighted by Gasteiger charge is -2.14. The molecule has 0 saturated heterocycles. The lowest BCUT2D eigenvalue weighted by molar-refractivity contribution is -0.138. The average molecular weight is 399 g/mol. The van der Waals surface area contributed by atoms with Crippen molar-refractivity contribution in [3.63, 3.8) is 0 Å². The smallest absolute Gasteiger partial charge is 0.416 e. The molecule has 0 saturated carbocycles. The van der Waals surface area contributed by atoms with E-state index in [-0.39, 0.29) is 22.7 Å². The van der Waals surface area contributed by atoms with E-state index >= 15 is 0 Å². The summed E-state index contributed by atoms with van der Waals surface area (Å²) in [6.07, 6.45) is -4.75. The van der Waals surface area contributed by atoms with E-state index < -0.39 is 36.6 Å². The quantitative estimate of drug-likeness (QED) is 0.569. The van der Waals surface area contributed by atoms with Gasteiger partial charge >= 0.3 is 6.18 Å². The maximum atomic E-state index is 13.1. The second-order valence-electron chi connectivity index (χ2n) is 5.78. The van der Waals surface area contributed by atoms with Crippen molar-refractivity contribution in [3.05, 3.63) is 58.9 Å². The number of hydrogen-bond acceptors (Lipinski definition) is 4. The van der Waals surface area contributed by atoms with E-state index in [9.17, 15) is 27.2 Å². The second-order valence-corrected chi connectivity index (χ2v) is 5.78. The zero-order chi connectivity index (χ0) is 20.9. The highest BCUT2D eigenvalue weighted by Gasteiger charge is 2.33. The van der Waals surface area contributed by atoms with Crippen LogP contribution < -0.4 is 14.8 Å². The molecule has 2 aromatic rings. The van der Waals surface area contributed by atoms with Crippen molar-refractivity contribution in [2.75, 3.05) is 13.7 Å². The molecule has 150 valence electrons. The summed E-state index contributed by atoms with van der Waals surface area (Å²) in [5.74, 6) is -1.52. The predicted molar refractivity (Wildman–Crippen MR) is 91.7 cm³/mol. The number of ketones is 1. The van der Waals surface area contributed by atoms with Gasteiger partial charge in [0.2, 0.25) is 0 Å². The van der Waals surface area contributed by atoms with Crippen LogP contribution in [0.25, 0.3) is 0 Å². The first-order valence-corrected chi connectivity index (χ1v) is 8.06. The van der Waals surface area contributed by atoms with E-state index in [0.717, 1.165) is 12.1 Å². The maximum absolute atomic E-state index is 13.1. The van der Waals surface area contributed by atoms with Crippen LogP contribution in [0.4, 0.5) is 17.6 Å². The Morgan fingerprint density at radius 2 is 1.82 bits per heavy atom. The molecule has 1 N–H and O–H groups in total. The van der Waals surface area contributed by atoms with E-state index in [0.29, 0.717) is 11.8 Å².